The van der Waals surface area contributed by atoms with Crippen LogP contribution in [0.15, 0.2) is 6.20 Å². The summed E-state index contributed by atoms with van der Waals surface area (Å²) in [6, 6.07) is 0. The molecule has 1 rings (SSSR count). The second-order valence-electron chi connectivity index (χ2n) is 5.98. The number of carbonyl (C=O) groups is 1. The SMILES string of the molecule is CC(=O)NCCOCCOCCOCCn1cc(CNP(C)(C)=O)nn1. The molecule has 1 aromatic rings. The van der Waals surface area contributed by atoms with E-state index in [0.29, 0.717) is 59.3 Å². The average molecular weight is 391 g/mol. The highest BCUT2D eigenvalue weighted by Gasteiger charge is 2.07. The number of ether oxygens (including phenoxy) is 3. The first-order valence-electron chi connectivity index (χ1n) is 8.53. The molecule has 0 aromatic carbocycles. The lowest BCUT2D eigenvalue weighted by atomic mass is 10.5. The van der Waals surface area contributed by atoms with Crippen LogP contribution in [-0.4, -0.2) is 80.4 Å². The first kappa shape index (κ1) is 22.7. The molecular formula is C15H30N5O5P. The van der Waals surface area contributed by atoms with Crippen LogP contribution in [0.25, 0.3) is 0 Å². The Morgan fingerprint density at radius 3 is 2.35 bits per heavy atom. The molecule has 0 bridgehead atoms. The summed E-state index contributed by atoms with van der Waals surface area (Å²) in [4.78, 5) is 10.6. The van der Waals surface area contributed by atoms with Gasteiger partial charge in [-0.1, -0.05) is 5.21 Å². The maximum Gasteiger partial charge on any atom is 0.216 e. The van der Waals surface area contributed by atoms with E-state index >= 15 is 0 Å². The Hall–Kier alpha value is -1.32. The molecule has 11 heteroatoms. The first-order chi connectivity index (χ1) is 12.4. The fourth-order valence-electron chi connectivity index (χ4n) is 1.80. The Balaban J connectivity index is 1.92. The Morgan fingerprint density at radius 1 is 1.12 bits per heavy atom. The zero-order valence-electron chi connectivity index (χ0n) is 15.8. The predicted molar refractivity (Wildman–Crippen MR) is 97.5 cm³/mol. The number of hydrogen-bond donors (Lipinski definition) is 2. The van der Waals surface area contributed by atoms with Crippen LogP contribution in [0.5, 0.6) is 0 Å². The molecule has 1 heterocycles. The zero-order valence-corrected chi connectivity index (χ0v) is 16.7. The highest BCUT2D eigenvalue weighted by atomic mass is 31.2. The number of aromatic nitrogens is 3. The minimum atomic E-state index is -2.27. The quantitative estimate of drug-likeness (QED) is 0.319. The summed E-state index contributed by atoms with van der Waals surface area (Å²) < 4.78 is 29.4. The van der Waals surface area contributed by atoms with Crippen LogP contribution in [0.1, 0.15) is 12.6 Å². The van der Waals surface area contributed by atoms with E-state index in [2.05, 4.69) is 20.7 Å². The molecule has 0 aliphatic rings. The number of nitrogens with one attached hydrogen (secondary N) is 2. The van der Waals surface area contributed by atoms with E-state index in [1.807, 2.05) is 0 Å². The second-order valence-corrected chi connectivity index (χ2v) is 9.00. The van der Waals surface area contributed by atoms with Crippen LogP contribution in [0.4, 0.5) is 0 Å². The number of rotatable bonds is 15. The molecule has 0 aliphatic carbocycles. The van der Waals surface area contributed by atoms with Gasteiger partial charge in [0.25, 0.3) is 0 Å². The molecule has 0 atom stereocenters. The molecule has 1 aromatic heterocycles. The van der Waals surface area contributed by atoms with E-state index in [9.17, 15) is 9.36 Å². The molecule has 0 radical (unpaired) electrons. The fraction of sp³-hybridized carbons (Fsp3) is 0.800. The van der Waals surface area contributed by atoms with Crippen molar-refractivity contribution in [1.29, 1.82) is 0 Å². The Morgan fingerprint density at radius 2 is 1.73 bits per heavy atom. The van der Waals surface area contributed by atoms with Crippen molar-refractivity contribution in [2.45, 2.75) is 20.0 Å². The highest BCUT2D eigenvalue weighted by Crippen LogP contribution is 2.29. The number of hydrogen-bond acceptors (Lipinski definition) is 7. The van der Waals surface area contributed by atoms with Crippen LogP contribution in [0.3, 0.4) is 0 Å². The van der Waals surface area contributed by atoms with E-state index in [1.54, 1.807) is 24.2 Å². The van der Waals surface area contributed by atoms with Gasteiger partial charge in [-0.25, -0.2) is 4.68 Å². The minimum Gasteiger partial charge on any atom is -0.377 e. The molecule has 150 valence electrons. The van der Waals surface area contributed by atoms with Gasteiger partial charge < -0.3 is 24.1 Å². The van der Waals surface area contributed by atoms with Gasteiger partial charge in [-0.15, -0.1) is 5.10 Å². The average Bonchev–Trinajstić information content (AvgIpc) is 3.01. The lowest BCUT2D eigenvalue weighted by Crippen LogP contribution is -2.25. The third-order valence-corrected chi connectivity index (χ3v) is 3.98. The van der Waals surface area contributed by atoms with Crippen LogP contribution in [-0.2, 0) is 36.7 Å². The van der Waals surface area contributed by atoms with Crippen LogP contribution in [0.2, 0.25) is 0 Å². The van der Waals surface area contributed by atoms with Gasteiger partial charge in [-0.05, 0) is 0 Å². The smallest absolute Gasteiger partial charge is 0.216 e. The molecule has 1 amide bonds. The van der Waals surface area contributed by atoms with Gasteiger partial charge in [0.1, 0.15) is 7.29 Å². The van der Waals surface area contributed by atoms with Crippen molar-refractivity contribution < 1.29 is 23.6 Å². The molecule has 0 aliphatic heterocycles. The maximum atomic E-state index is 11.6. The van der Waals surface area contributed by atoms with Gasteiger partial charge in [0.05, 0.1) is 51.9 Å². The number of nitrogens with zero attached hydrogens (tertiary/aromatic N) is 3. The predicted octanol–water partition coefficient (Wildman–Crippen LogP) is 0.0913. The third kappa shape index (κ3) is 13.0. The van der Waals surface area contributed by atoms with Gasteiger partial charge in [-0.2, -0.15) is 0 Å². The van der Waals surface area contributed by atoms with Crippen molar-refractivity contribution in [2.24, 2.45) is 0 Å². The van der Waals surface area contributed by atoms with E-state index in [0.717, 1.165) is 5.69 Å². The van der Waals surface area contributed by atoms with Crippen molar-refractivity contribution in [3.05, 3.63) is 11.9 Å². The van der Waals surface area contributed by atoms with Crippen molar-refractivity contribution in [2.75, 3.05) is 59.5 Å². The van der Waals surface area contributed by atoms with Crippen LogP contribution < -0.4 is 10.4 Å². The fourth-order valence-corrected chi connectivity index (χ4v) is 2.34. The van der Waals surface area contributed by atoms with Gasteiger partial charge >= 0.3 is 0 Å². The van der Waals surface area contributed by atoms with E-state index in [-0.39, 0.29) is 5.91 Å². The third-order valence-electron chi connectivity index (χ3n) is 3.06. The first-order valence-corrected chi connectivity index (χ1v) is 11.1. The zero-order chi connectivity index (χ0) is 19.3. The summed E-state index contributed by atoms with van der Waals surface area (Å²) in [5.41, 5.74) is 0.746. The summed E-state index contributed by atoms with van der Waals surface area (Å²) in [6.45, 7) is 9.29. The number of amides is 1. The van der Waals surface area contributed by atoms with Crippen molar-refractivity contribution in [3.63, 3.8) is 0 Å². The molecule has 0 unspecified atom stereocenters. The summed E-state index contributed by atoms with van der Waals surface area (Å²) in [7, 11) is -2.27. The topological polar surface area (TPSA) is 117 Å². The standard InChI is InChI=1S/C15H30N5O5P/c1-14(21)16-4-6-23-8-10-25-11-9-24-7-5-20-13-15(18-19-20)12-17-26(2,3)22/h13H,4-12H2,1-3H3,(H,16,21)(H,17,22). The molecule has 0 saturated heterocycles. The van der Waals surface area contributed by atoms with Gasteiger partial charge in [0.2, 0.25) is 5.91 Å². The van der Waals surface area contributed by atoms with E-state index in [4.69, 9.17) is 14.2 Å². The van der Waals surface area contributed by atoms with Crippen LogP contribution in [0, 0.1) is 0 Å². The van der Waals surface area contributed by atoms with Gasteiger partial charge in [0.15, 0.2) is 0 Å². The number of carbonyl (C=O) groups excluding carboxylic acids is 1. The van der Waals surface area contributed by atoms with Crippen molar-refractivity contribution >= 4 is 13.2 Å². The normalized spacial score (nSPS) is 11.7. The lowest BCUT2D eigenvalue weighted by molar-refractivity contribution is -0.119. The Bertz CT molecular complexity index is 562. The molecule has 2 N–H and O–H groups in total. The molecule has 0 fully saturated rings. The molecule has 0 spiro atoms. The molecule has 10 nitrogen and oxygen atoms in total. The van der Waals surface area contributed by atoms with Gasteiger partial charge in [-0.3, -0.25) is 9.88 Å². The summed E-state index contributed by atoms with van der Waals surface area (Å²) in [6.07, 6.45) is 1.81. The molecular weight excluding hydrogens is 361 g/mol. The molecule has 0 saturated carbocycles. The van der Waals surface area contributed by atoms with Crippen molar-refractivity contribution in [1.82, 2.24) is 25.4 Å². The monoisotopic (exact) mass is 391 g/mol. The second kappa shape index (κ2) is 12.9. The minimum absolute atomic E-state index is 0.0616. The summed E-state index contributed by atoms with van der Waals surface area (Å²) >= 11 is 0. The van der Waals surface area contributed by atoms with E-state index in [1.165, 1.54) is 6.92 Å². The van der Waals surface area contributed by atoms with Crippen molar-refractivity contribution in [3.8, 4) is 0 Å². The van der Waals surface area contributed by atoms with E-state index < -0.39 is 7.29 Å². The van der Waals surface area contributed by atoms with Crippen LogP contribution >= 0.6 is 7.29 Å². The highest BCUT2D eigenvalue weighted by molar-refractivity contribution is 7.60. The Labute approximate surface area is 154 Å². The summed E-state index contributed by atoms with van der Waals surface area (Å²) in [5.74, 6) is -0.0616. The maximum absolute atomic E-state index is 11.6. The summed E-state index contributed by atoms with van der Waals surface area (Å²) in [5, 5.41) is 13.6. The van der Waals surface area contributed by atoms with Gasteiger partial charge in [0, 0.05) is 39.5 Å². The molecule has 26 heavy (non-hydrogen) atoms. The lowest BCUT2D eigenvalue weighted by Gasteiger charge is -2.07. The largest absolute Gasteiger partial charge is 0.377 e. The Kier molecular flexibility index (Phi) is 11.3.